The van der Waals surface area contributed by atoms with Crippen LogP contribution in [0.5, 0.6) is 0 Å². The van der Waals surface area contributed by atoms with Gasteiger partial charge in [-0.1, -0.05) is 48.5 Å². The van der Waals surface area contributed by atoms with Crippen LogP contribution in [0.1, 0.15) is 42.7 Å². The molecule has 1 aliphatic carbocycles. The maximum absolute atomic E-state index is 14.7. The lowest BCUT2D eigenvalue weighted by Gasteiger charge is -2.36. The molecule has 0 fully saturated rings. The zero-order valence-electron chi connectivity index (χ0n) is 16.4. The van der Waals surface area contributed by atoms with Crippen molar-refractivity contribution in [3.05, 3.63) is 82.8 Å². The number of carbonyl (C=O) groups excluding carboxylic acids is 2. The van der Waals surface area contributed by atoms with Gasteiger partial charge in [-0.2, -0.15) is 0 Å². The van der Waals surface area contributed by atoms with E-state index < -0.39 is 23.6 Å². The summed E-state index contributed by atoms with van der Waals surface area (Å²) in [7, 11) is 1.30. The Morgan fingerprint density at radius 3 is 2.45 bits per heavy atom. The maximum atomic E-state index is 14.7. The lowest BCUT2D eigenvalue weighted by atomic mass is 9.69. The number of rotatable bonds is 3. The molecule has 4 rings (SSSR count). The van der Waals surface area contributed by atoms with Gasteiger partial charge in [-0.15, -0.1) is 0 Å². The van der Waals surface area contributed by atoms with E-state index in [-0.39, 0.29) is 11.7 Å². The molecule has 0 aromatic heterocycles. The van der Waals surface area contributed by atoms with E-state index in [1.807, 2.05) is 30.3 Å². The molecule has 2 aliphatic rings. The molecule has 1 unspecified atom stereocenters. The van der Waals surface area contributed by atoms with Gasteiger partial charge in [0.2, 0.25) is 0 Å². The number of methoxy groups -OCH3 is 1. The molecule has 2 aromatic carbocycles. The molecule has 0 saturated heterocycles. The summed E-state index contributed by atoms with van der Waals surface area (Å²) < 4.78 is 19.7. The smallest absolute Gasteiger partial charge is 0.315 e. The first-order valence-electron chi connectivity index (χ1n) is 9.70. The van der Waals surface area contributed by atoms with E-state index in [1.165, 1.54) is 13.2 Å². The van der Waals surface area contributed by atoms with Crippen molar-refractivity contribution >= 4 is 17.5 Å². The number of hydrogen-bond donors (Lipinski definition) is 0. The molecular weight excluding hydrogens is 369 g/mol. The van der Waals surface area contributed by atoms with Crippen molar-refractivity contribution in [2.75, 3.05) is 7.11 Å². The Balaban J connectivity index is 1.84. The summed E-state index contributed by atoms with van der Waals surface area (Å²) in [6.07, 6.45) is 0.900. The molecule has 0 radical (unpaired) electrons. The normalized spacial score (nSPS) is 24.0. The topological polar surface area (TPSA) is 55.7 Å². The van der Waals surface area contributed by atoms with Crippen LogP contribution in [-0.4, -0.2) is 24.6 Å². The predicted molar refractivity (Wildman–Crippen MR) is 108 cm³/mol. The standard InChI is InChI=1S/C24H22FNO3/c1-14-21(24(28)29-2)22(17-10-6-7-11-18(17)25)23-19(26-14)12-16(13-20(23)27)15-8-4-3-5-9-15/h3-11,16,21-22H,12-13H2,1-2H3/t16-,21?,22-/m0/s1. The van der Waals surface area contributed by atoms with Crippen LogP contribution in [0, 0.1) is 11.7 Å². The van der Waals surface area contributed by atoms with E-state index in [4.69, 9.17) is 4.74 Å². The highest BCUT2D eigenvalue weighted by Gasteiger charge is 2.45. The third-order valence-corrected chi connectivity index (χ3v) is 5.85. The van der Waals surface area contributed by atoms with Gasteiger partial charge in [-0.3, -0.25) is 14.6 Å². The molecule has 2 aromatic rings. The minimum absolute atomic E-state index is 0.0231. The monoisotopic (exact) mass is 391 g/mol. The van der Waals surface area contributed by atoms with Crippen molar-refractivity contribution < 1.29 is 18.7 Å². The highest BCUT2D eigenvalue weighted by molar-refractivity contribution is 6.09. The number of allylic oxidation sites excluding steroid dienone is 2. The molecule has 0 saturated carbocycles. The second kappa shape index (κ2) is 7.74. The Labute approximate surface area is 169 Å². The number of nitrogens with zero attached hydrogens (tertiary/aromatic N) is 1. The van der Waals surface area contributed by atoms with E-state index >= 15 is 0 Å². The first-order chi connectivity index (χ1) is 14.0. The Kier molecular flexibility index (Phi) is 5.14. The molecule has 1 aliphatic heterocycles. The molecule has 0 amide bonds. The van der Waals surface area contributed by atoms with Crippen LogP contribution in [0.15, 0.2) is 70.9 Å². The van der Waals surface area contributed by atoms with Crippen LogP contribution in [0.2, 0.25) is 0 Å². The molecule has 4 nitrogen and oxygen atoms in total. The van der Waals surface area contributed by atoms with E-state index in [0.29, 0.717) is 35.4 Å². The van der Waals surface area contributed by atoms with Crippen molar-refractivity contribution in [1.82, 2.24) is 0 Å². The fraction of sp³-hybridized carbons (Fsp3) is 0.292. The van der Waals surface area contributed by atoms with Crippen molar-refractivity contribution in [3.63, 3.8) is 0 Å². The van der Waals surface area contributed by atoms with Crippen molar-refractivity contribution in [3.8, 4) is 0 Å². The van der Waals surface area contributed by atoms with Gasteiger partial charge >= 0.3 is 5.97 Å². The Hall–Kier alpha value is -3.08. The number of ether oxygens (including phenoxy) is 1. The van der Waals surface area contributed by atoms with Crippen molar-refractivity contribution in [2.24, 2.45) is 10.9 Å². The van der Waals surface area contributed by atoms with Crippen LogP contribution < -0.4 is 0 Å². The van der Waals surface area contributed by atoms with Crippen LogP contribution in [0.3, 0.4) is 0 Å². The van der Waals surface area contributed by atoms with Gasteiger partial charge in [-0.05, 0) is 36.5 Å². The van der Waals surface area contributed by atoms with E-state index in [1.54, 1.807) is 25.1 Å². The average Bonchev–Trinajstić information content (AvgIpc) is 2.73. The molecule has 0 spiro atoms. The summed E-state index contributed by atoms with van der Waals surface area (Å²) in [5.74, 6) is -2.54. The zero-order valence-corrected chi connectivity index (χ0v) is 16.4. The van der Waals surface area contributed by atoms with Crippen LogP contribution in [0.25, 0.3) is 0 Å². The molecule has 3 atom stereocenters. The van der Waals surface area contributed by atoms with E-state index in [9.17, 15) is 14.0 Å². The number of ketones is 1. The molecular formula is C24H22FNO3. The van der Waals surface area contributed by atoms with Gasteiger partial charge in [0.15, 0.2) is 5.78 Å². The highest BCUT2D eigenvalue weighted by atomic mass is 19.1. The summed E-state index contributed by atoms with van der Waals surface area (Å²) in [4.78, 5) is 30.5. The molecule has 148 valence electrons. The number of Topliss-reactive ketones (excluding diaryl/α,β-unsaturated/α-hetero) is 1. The first-order valence-corrected chi connectivity index (χ1v) is 9.70. The lowest BCUT2D eigenvalue weighted by Crippen LogP contribution is -2.38. The van der Waals surface area contributed by atoms with Crippen LogP contribution >= 0.6 is 0 Å². The van der Waals surface area contributed by atoms with E-state index in [2.05, 4.69) is 4.99 Å². The van der Waals surface area contributed by atoms with Crippen molar-refractivity contribution in [1.29, 1.82) is 0 Å². The molecule has 0 N–H and O–H groups in total. The Morgan fingerprint density at radius 2 is 1.76 bits per heavy atom. The second-order valence-corrected chi connectivity index (χ2v) is 7.55. The zero-order chi connectivity index (χ0) is 20.5. The molecule has 0 bridgehead atoms. The fourth-order valence-corrected chi connectivity index (χ4v) is 4.52. The van der Waals surface area contributed by atoms with Gasteiger partial charge in [0.05, 0.1) is 7.11 Å². The largest absolute Gasteiger partial charge is 0.468 e. The maximum Gasteiger partial charge on any atom is 0.315 e. The quantitative estimate of drug-likeness (QED) is 0.720. The molecule has 29 heavy (non-hydrogen) atoms. The van der Waals surface area contributed by atoms with Gasteiger partial charge in [-0.25, -0.2) is 4.39 Å². The number of benzene rings is 2. The third-order valence-electron chi connectivity index (χ3n) is 5.85. The molecule has 1 heterocycles. The van der Waals surface area contributed by atoms with Crippen LogP contribution in [0.4, 0.5) is 4.39 Å². The number of carbonyl (C=O) groups is 2. The number of halogens is 1. The molecule has 5 heteroatoms. The first kappa shape index (κ1) is 19.2. The Morgan fingerprint density at radius 1 is 1.07 bits per heavy atom. The second-order valence-electron chi connectivity index (χ2n) is 7.55. The van der Waals surface area contributed by atoms with Crippen molar-refractivity contribution in [2.45, 2.75) is 31.6 Å². The van der Waals surface area contributed by atoms with Gasteiger partial charge in [0, 0.05) is 29.3 Å². The van der Waals surface area contributed by atoms with Gasteiger partial charge in [0.1, 0.15) is 11.7 Å². The van der Waals surface area contributed by atoms with Crippen LogP contribution in [-0.2, 0) is 14.3 Å². The highest BCUT2D eigenvalue weighted by Crippen LogP contribution is 2.47. The minimum atomic E-state index is -0.812. The predicted octanol–water partition coefficient (Wildman–Crippen LogP) is 4.57. The Bertz CT molecular complexity index is 1030. The summed E-state index contributed by atoms with van der Waals surface area (Å²) >= 11 is 0. The van der Waals surface area contributed by atoms with Gasteiger partial charge < -0.3 is 4.74 Å². The number of esters is 1. The number of hydrogen-bond acceptors (Lipinski definition) is 4. The third kappa shape index (κ3) is 3.41. The minimum Gasteiger partial charge on any atom is -0.468 e. The summed E-state index contributed by atoms with van der Waals surface area (Å²) in [6.45, 7) is 1.75. The fourth-order valence-electron chi connectivity index (χ4n) is 4.52. The van der Waals surface area contributed by atoms with Gasteiger partial charge in [0.25, 0.3) is 0 Å². The summed E-state index contributed by atoms with van der Waals surface area (Å²) in [5.41, 5.74) is 3.06. The average molecular weight is 391 g/mol. The van der Waals surface area contributed by atoms with E-state index in [0.717, 1.165) is 5.56 Å². The number of aliphatic imine (C=N–C) groups is 1. The SMILES string of the molecule is COC(=O)C1C(C)=NC2=C(C(=O)C[C@@H](c3ccccc3)C2)[C@H]1c1ccccc1F. The lowest BCUT2D eigenvalue weighted by molar-refractivity contribution is -0.143. The summed E-state index contributed by atoms with van der Waals surface area (Å²) in [6, 6.07) is 16.2. The summed E-state index contributed by atoms with van der Waals surface area (Å²) in [5, 5.41) is 0.